The number of hydrogen-bond donors (Lipinski definition) is 2. The van der Waals surface area contributed by atoms with Gasteiger partial charge in [0.1, 0.15) is 5.82 Å². The molecule has 3 N–H and O–H groups in total. The van der Waals surface area contributed by atoms with Gasteiger partial charge in [0.2, 0.25) is 5.13 Å². The lowest BCUT2D eigenvalue weighted by atomic mass is 10.2. The predicted molar refractivity (Wildman–Crippen MR) is 75.7 cm³/mol. The van der Waals surface area contributed by atoms with Crippen molar-refractivity contribution in [3.8, 4) is 5.75 Å². The average Bonchev–Trinajstić information content (AvgIpc) is 2.79. The van der Waals surface area contributed by atoms with Crippen LogP contribution in [-0.4, -0.2) is 18.3 Å². The molecule has 0 saturated heterocycles. The summed E-state index contributed by atoms with van der Waals surface area (Å²) in [5.74, 6) is -0.176. The number of hydrazone groups is 1. The molecule has 0 amide bonds. The molecule has 0 aliphatic carbocycles. The van der Waals surface area contributed by atoms with Gasteiger partial charge in [-0.3, -0.25) is 5.43 Å². The first-order chi connectivity index (χ1) is 9.11. The first kappa shape index (κ1) is 13.6. The second-order valence-corrected chi connectivity index (χ2v) is 4.70. The van der Waals surface area contributed by atoms with Crippen molar-refractivity contribution in [3.05, 3.63) is 33.9 Å². The van der Waals surface area contributed by atoms with Crippen LogP contribution in [-0.2, 0) is 0 Å². The third kappa shape index (κ3) is 3.12. The lowest BCUT2D eigenvalue weighted by Gasteiger charge is -2.05. The summed E-state index contributed by atoms with van der Waals surface area (Å²) < 4.78 is 18.8. The number of halogens is 2. The molecule has 0 radical (unpaired) electrons. The van der Waals surface area contributed by atoms with Crippen LogP contribution in [0, 0.1) is 5.82 Å². The van der Waals surface area contributed by atoms with Gasteiger partial charge in [-0.1, -0.05) is 11.6 Å². The van der Waals surface area contributed by atoms with Crippen molar-refractivity contribution >= 4 is 40.1 Å². The Kier molecular flexibility index (Phi) is 4.18. The summed E-state index contributed by atoms with van der Waals surface area (Å²) in [6, 6.07) is 3.04. The van der Waals surface area contributed by atoms with E-state index >= 15 is 0 Å². The minimum absolute atomic E-state index is 0.0101. The van der Waals surface area contributed by atoms with E-state index in [0.717, 1.165) is 0 Å². The Hall–Kier alpha value is -1.86. The molecule has 0 aliphatic rings. The topological polar surface area (TPSA) is 72.5 Å². The number of nitrogens with one attached hydrogen (secondary N) is 1. The lowest BCUT2D eigenvalue weighted by Crippen LogP contribution is -1.97. The number of hydrogen-bond acceptors (Lipinski definition) is 6. The molecule has 8 heteroatoms. The van der Waals surface area contributed by atoms with Gasteiger partial charge in [0.05, 0.1) is 18.3 Å². The predicted octanol–water partition coefficient (Wildman–Crippen LogP) is 2.97. The van der Waals surface area contributed by atoms with E-state index in [4.69, 9.17) is 22.1 Å². The van der Waals surface area contributed by atoms with Crippen LogP contribution in [0.2, 0.25) is 5.02 Å². The van der Waals surface area contributed by atoms with Crippen molar-refractivity contribution in [1.29, 1.82) is 0 Å². The summed E-state index contributed by atoms with van der Waals surface area (Å²) >= 11 is 7.09. The summed E-state index contributed by atoms with van der Waals surface area (Å²) in [5, 5.41) is 6.27. The standard InChI is InChI=1S/C11H10ClFN4OS/c1-18-10-7(12)3-2-6(9(10)13)4-15-17-11-16-8(14)5-19-11/h2-5H,14H2,1H3,(H,16,17). The molecular weight excluding hydrogens is 291 g/mol. The number of rotatable bonds is 4. The first-order valence-electron chi connectivity index (χ1n) is 5.14. The summed E-state index contributed by atoms with van der Waals surface area (Å²) in [6.45, 7) is 0. The Balaban J connectivity index is 2.15. The highest BCUT2D eigenvalue weighted by Gasteiger charge is 2.11. The van der Waals surface area contributed by atoms with Crippen molar-refractivity contribution in [2.45, 2.75) is 0 Å². The molecule has 1 aromatic carbocycles. The van der Waals surface area contributed by atoms with Crippen molar-refractivity contribution < 1.29 is 9.13 Å². The van der Waals surface area contributed by atoms with Crippen LogP contribution in [0.25, 0.3) is 0 Å². The minimum atomic E-state index is -0.570. The third-order valence-electron chi connectivity index (χ3n) is 2.17. The van der Waals surface area contributed by atoms with E-state index in [1.807, 2.05) is 0 Å². The summed E-state index contributed by atoms with van der Waals surface area (Å²) in [4.78, 5) is 3.94. The lowest BCUT2D eigenvalue weighted by molar-refractivity contribution is 0.386. The van der Waals surface area contributed by atoms with Crippen molar-refractivity contribution in [2.24, 2.45) is 5.10 Å². The van der Waals surface area contributed by atoms with Gasteiger partial charge in [-0.05, 0) is 12.1 Å². The Labute approximate surface area is 117 Å². The van der Waals surface area contributed by atoms with E-state index in [1.165, 1.54) is 36.8 Å². The zero-order valence-electron chi connectivity index (χ0n) is 9.85. The number of ether oxygens (including phenoxy) is 1. The first-order valence-corrected chi connectivity index (χ1v) is 6.39. The van der Waals surface area contributed by atoms with Gasteiger partial charge in [0.15, 0.2) is 11.6 Å². The fourth-order valence-electron chi connectivity index (χ4n) is 1.33. The number of anilines is 2. The highest BCUT2D eigenvalue weighted by Crippen LogP contribution is 2.28. The van der Waals surface area contributed by atoms with Crippen molar-refractivity contribution in [2.75, 3.05) is 18.3 Å². The Bertz CT molecular complexity index is 617. The fourth-order valence-corrected chi connectivity index (χ4v) is 2.10. The Morgan fingerprint density at radius 1 is 1.58 bits per heavy atom. The molecule has 5 nitrogen and oxygen atoms in total. The summed E-state index contributed by atoms with van der Waals surface area (Å²) in [6.07, 6.45) is 1.31. The van der Waals surface area contributed by atoms with E-state index in [0.29, 0.717) is 10.9 Å². The van der Waals surface area contributed by atoms with Crippen LogP contribution in [0.15, 0.2) is 22.6 Å². The van der Waals surface area contributed by atoms with Gasteiger partial charge in [0, 0.05) is 10.9 Å². The number of nitrogen functional groups attached to an aromatic ring is 1. The van der Waals surface area contributed by atoms with Crippen LogP contribution < -0.4 is 15.9 Å². The van der Waals surface area contributed by atoms with Crippen LogP contribution in [0.4, 0.5) is 15.3 Å². The van der Waals surface area contributed by atoms with Crippen LogP contribution in [0.5, 0.6) is 5.75 Å². The molecule has 0 saturated carbocycles. The maximum atomic E-state index is 13.9. The summed E-state index contributed by atoms with van der Waals surface area (Å²) in [5.41, 5.74) is 8.35. The van der Waals surface area contributed by atoms with Gasteiger partial charge in [-0.25, -0.2) is 9.37 Å². The Morgan fingerprint density at radius 2 is 2.37 bits per heavy atom. The van der Waals surface area contributed by atoms with E-state index in [2.05, 4.69) is 15.5 Å². The monoisotopic (exact) mass is 300 g/mol. The molecule has 100 valence electrons. The van der Waals surface area contributed by atoms with E-state index < -0.39 is 5.82 Å². The highest BCUT2D eigenvalue weighted by molar-refractivity contribution is 7.14. The zero-order valence-corrected chi connectivity index (χ0v) is 11.4. The number of aromatic nitrogens is 1. The van der Waals surface area contributed by atoms with Gasteiger partial charge >= 0.3 is 0 Å². The maximum absolute atomic E-state index is 13.9. The number of thiazole rings is 1. The van der Waals surface area contributed by atoms with E-state index in [1.54, 1.807) is 5.38 Å². The highest BCUT2D eigenvalue weighted by atomic mass is 35.5. The zero-order chi connectivity index (χ0) is 13.8. The minimum Gasteiger partial charge on any atom is -0.492 e. The van der Waals surface area contributed by atoms with Gasteiger partial charge in [0.25, 0.3) is 0 Å². The van der Waals surface area contributed by atoms with Crippen molar-refractivity contribution in [3.63, 3.8) is 0 Å². The molecular formula is C11H10ClFN4OS. The van der Waals surface area contributed by atoms with Crippen LogP contribution in [0.3, 0.4) is 0 Å². The van der Waals surface area contributed by atoms with Gasteiger partial charge in [-0.2, -0.15) is 5.10 Å². The average molecular weight is 301 g/mol. The normalized spacial score (nSPS) is 10.9. The molecule has 0 fully saturated rings. The van der Waals surface area contributed by atoms with E-state index in [-0.39, 0.29) is 16.3 Å². The molecule has 1 aromatic heterocycles. The smallest absolute Gasteiger partial charge is 0.205 e. The molecule has 0 bridgehead atoms. The molecule has 2 rings (SSSR count). The SMILES string of the molecule is COc1c(Cl)ccc(C=NNc2nc(N)cs2)c1F. The summed E-state index contributed by atoms with van der Waals surface area (Å²) in [7, 11) is 1.35. The number of nitrogens with zero attached hydrogens (tertiary/aromatic N) is 2. The molecule has 19 heavy (non-hydrogen) atoms. The van der Waals surface area contributed by atoms with E-state index in [9.17, 15) is 4.39 Å². The second kappa shape index (κ2) is 5.85. The number of benzene rings is 1. The molecule has 0 spiro atoms. The molecule has 2 aromatic rings. The molecule has 0 aliphatic heterocycles. The molecule has 0 atom stereocenters. The maximum Gasteiger partial charge on any atom is 0.205 e. The van der Waals surface area contributed by atoms with Crippen LogP contribution in [0.1, 0.15) is 5.56 Å². The Morgan fingerprint density at radius 3 is 3.00 bits per heavy atom. The van der Waals surface area contributed by atoms with Crippen LogP contribution >= 0.6 is 22.9 Å². The second-order valence-electron chi connectivity index (χ2n) is 3.43. The van der Waals surface area contributed by atoms with Crippen molar-refractivity contribution in [1.82, 2.24) is 4.98 Å². The number of methoxy groups -OCH3 is 1. The third-order valence-corrected chi connectivity index (χ3v) is 3.23. The largest absolute Gasteiger partial charge is 0.492 e. The fraction of sp³-hybridized carbons (Fsp3) is 0.0909. The quantitative estimate of drug-likeness (QED) is 0.672. The van der Waals surface area contributed by atoms with Gasteiger partial charge in [-0.15, -0.1) is 11.3 Å². The number of nitrogens with two attached hydrogens (primary N) is 1. The molecule has 1 heterocycles. The molecule has 0 unspecified atom stereocenters. The van der Waals surface area contributed by atoms with Gasteiger partial charge < -0.3 is 10.5 Å².